The molecule has 0 bridgehead atoms. The lowest BCUT2D eigenvalue weighted by atomic mass is 10.1. The van der Waals surface area contributed by atoms with E-state index in [0.717, 1.165) is 43.7 Å². The molecule has 26 heavy (non-hydrogen) atoms. The van der Waals surface area contributed by atoms with E-state index in [9.17, 15) is 9.59 Å². The Kier molecular flexibility index (Phi) is 7.44. The average Bonchev–Trinajstić information content (AvgIpc) is 3.01. The fourth-order valence-electron chi connectivity index (χ4n) is 3.24. The first-order chi connectivity index (χ1) is 12.6. The van der Waals surface area contributed by atoms with E-state index in [0.29, 0.717) is 26.2 Å². The molecule has 2 N–H and O–H groups in total. The highest BCUT2D eigenvalue weighted by atomic mass is 16.4. The fraction of sp³-hybridized carbons (Fsp3) is 0.526. The molecule has 0 aliphatic carbocycles. The number of carbonyl (C=O) groups is 2. The van der Waals surface area contributed by atoms with E-state index in [1.54, 1.807) is 9.80 Å². The summed E-state index contributed by atoms with van der Waals surface area (Å²) in [4.78, 5) is 30.9. The summed E-state index contributed by atoms with van der Waals surface area (Å²) in [6.45, 7) is 9.26. The number of nitrogens with one attached hydrogen (secondary N) is 1. The third-order valence-corrected chi connectivity index (χ3v) is 4.59. The molecule has 2 aliphatic rings. The van der Waals surface area contributed by atoms with Gasteiger partial charge in [-0.2, -0.15) is 0 Å². The van der Waals surface area contributed by atoms with Crippen molar-refractivity contribution in [1.82, 2.24) is 14.8 Å². The number of aliphatic carboxylic acids is 1. The van der Waals surface area contributed by atoms with Gasteiger partial charge >= 0.3 is 12.0 Å². The lowest BCUT2D eigenvalue weighted by molar-refractivity contribution is -0.137. The maximum absolute atomic E-state index is 12.2. The SMILES string of the molecule is C=C.O=C(O)CCN1CCN(CCCc2ccc3c(n2)NCCC3)C1=O. The van der Waals surface area contributed by atoms with Crippen molar-refractivity contribution in [1.29, 1.82) is 0 Å². The highest BCUT2D eigenvalue weighted by Crippen LogP contribution is 2.20. The number of carbonyl (C=O) groups excluding carboxylic acids is 1. The van der Waals surface area contributed by atoms with Gasteiger partial charge in [-0.05, 0) is 37.3 Å². The number of fused-ring (bicyclic) bond motifs is 1. The molecule has 0 atom stereocenters. The van der Waals surface area contributed by atoms with Crippen LogP contribution < -0.4 is 5.32 Å². The highest BCUT2D eigenvalue weighted by Gasteiger charge is 2.27. The molecule has 0 unspecified atom stereocenters. The summed E-state index contributed by atoms with van der Waals surface area (Å²) in [5.74, 6) is 0.143. The van der Waals surface area contributed by atoms with Crippen LogP contribution in [0.1, 0.15) is 30.5 Å². The normalized spacial score (nSPS) is 15.8. The van der Waals surface area contributed by atoms with E-state index in [-0.39, 0.29) is 12.5 Å². The number of hydrogen-bond acceptors (Lipinski definition) is 4. The smallest absolute Gasteiger partial charge is 0.320 e. The number of hydrogen-bond donors (Lipinski definition) is 2. The minimum absolute atomic E-state index is 0.00558. The molecule has 1 fully saturated rings. The fourth-order valence-corrected chi connectivity index (χ4v) is 3.24. The van der Waals surface area contributed by atoms with E-state index in [1.165, 1.54) is 5.56 Å². The van der Waals surface area contributed by atoms with E-state index >= 15 is 0 Å². The Morgan fingerprint density at radius 3 is 2.69 bits per heavy atom. The van der Waals surface area contributed by atoms with Gasteiger partial charge in [0.15, 0.2) is 0 Å². The molecule has 0 saturated carbocycles. The van der Waals surface area contributed by atoms with Gasteiger partial charge in [0.1, 0.15) is 5.82 Å². The Morgan fingerprint density at radius 1 is 1.23 bits per heavy atom. The summed E-state index contributed by atoms with van der Waals surface area (Å²) < 4.78 is 0. The third-order valence-electron chi connectivity index (χ3n) is 4.59. The first-order valence-corrected chi connectivity index (χ1v) is 9.12. The van der Waals surface area contributed by atoms with Gasteiger partial charge in [0.25, 0.3) is 0 Å². The number of aromatic nitrogens is 1. The summed E-state index contributed by atoms with van der Waals surface area (Å²) in [6, 6.07) is 4.19. The number of amides is 2. The minimum Gasteiger partial charge on any atom is -0.481 e. The molecule has 7 heteroatoms. The van der Waals surface area contributed by atoms with Crippen molar-refractivity contribution < 1.29 is 14.7 Å². The quantitative estimate of drug-likeness (QED) is 0.729. The Labute approximate surface area is 154 Å². The molecule has 3 heterocycles. The van der Waals surface area contributed by atoms with E-state index < -0.39 is 5.97 Å². The zero-order valence-corrected chi connectivity index (χ0v) is 15.2. The van der Waals surface area contributed by atoms with E-state index in [4.69, 9.17) is 5.11 Å². The molecule has 1 saturated heterocycles. The molecule has 2 amide bonds. The van der Waals surface area contributed by atoms with Gasteiger partial charge < -0.3 is 20.2 Å². The molecule has 0 radical (unpaired) electrons. The lowest BCUT2D eigenvalue weighted by Gasteiger charge is -2.19. The third kappa shape index (κ3) is 5.21. The number of nitrogens with zero attached hydrogens (tertiary/aromatic N) is 3. The van der Waals surface area contributed by atoms with Gasteiger partial charge in [-0.1, -0.05) is 6.07 Å². The monoisotopic (exact) mass is 360 g/mol. The van der Waals surface area contributed by atoms with Crippen LogP contribution in [0.25, 0.3) is 0 Å². The minimum atomic E-state index is -0.867. The first-order valence-electron chi connectivity index (χ1n) is 9.12. The molecule has 2 aliphatic heterocycles. The van der Waals surface area contributed by atoms with Crippen LogP contribution in [0.15, 0.2) is 25.3 Å². The second-order valence-electron chi connectivity index (χ2n) is 6.34. The van der Waals surface area contributed by atoms with Crippen LogP contribution in [0.3, 0.4) is 0 Å². The summed E-state index contributed by atoms with van der Waals surface area (Å²) in [5, 5.41) is 12.1. The van der Waals surface area contributed by atoms with Crippen molar-refractivity contribution in [2.45, 2.75) is 32.1 Å². The molecule has 7 nitrogen and oxygen atoms in total. The number of rotatable bonds is 7. The number of carboxylic acids is 1. The lowest BCUT2D eigenvalue weighted by Crippen LogP contribution is -2.33. The van der Waals surface area contributed by atoms with Gasteiger partial charge in [0.05, 0.1) is 6.42 Å². The second-order valence-corrected chi connectivity index (χ2v) is 6.34. The van der Waals surface area contributed by atoms with Crippen LogP contribution in [0.2, 0.25) is 0 Å². The Balaban J connectivity index is 0.00000117. The van der Waals surface area contributed by atoms with Crippen LogP contribution in [0.4, 0.5) is 10.6 Å². The molecular formula is C19H28N4O3. The molecule has 0 aromatic carbocycles. The zero-order chi connectivity index (χ0) is 18.9. The van der Waals surface area contributed by atoms with Gasteiger partial charge in [-0.3, -0.25) is 4.79 Å². The maximum atomic E-state index is 12.2. The van der Waals surface area contributed by atoms with Gasteiger partial charge in [-0.15, -0.1) is 13.2 Å². The van der Waals surface area contributed by atoms with Crippen molar-refractivity contribution in [2.75, 3.05) is 38.0 Å². The van der Waals surface area contributed by atoms with E-state index in [1.807, 2.05) is 0 Å². The maximum Gasteiger partial charge on any atom is 0.320 e. The summed E-state index contributed by atoms with van der Waals surface area (Å²) in [6.07, 6.45) is 3.96. The highest BCUT2D eigenvalue weighted by molar-refractivity contribution is 5.77. The van der Waals surface area contributed by atoms with Crippen LogP contribution in [-0.4, -0.2) is 64.6 Å². The number of urea groups is 1. The summed E-state index contributed by atoms with van der Waals surface area (Å²) in [7, 11) is 0. The average molecular weight is 360 g/mol. The van der Waals surface area contributed by atoms with E-state index in [2.05, 4.69) is 35.6 Å². The van der Waals surface area contributed by atoms with Crippen LogP contribution in [0, 0.1) is 0 Å². The van der Waals surface area contributed by atoms with Crippen molar-refractivity contribution >= 4 is 17.8 Å². The van der Waals surface area contributed by atoms with Crippen molar-refractivity contribution in [3.63, 3.8) is 0 Å². The number of carboxylic acid groups (broad SMARTS) is 1. The van der Waals surface area contributed by atoms with Crippen molar-refractivity contribution in [3.8, 4) is 0 Å². The molecule has 1 aromatic heterocycles. The molecular weight excluding hydrogens is 332 g/mol. The van der Waals surface area contributed by atoms with Crippen LogP contribution in [-0.2, 0) is 17.6 Å². The molecule has 0 spiro atoms. The van der Waals surface area contributed by atoms with Crippen LogP contribution in [0.5, 0.6) is 0 Å². The van der Waals surface area contributed by atoms with Crippen LogP contribution >= 0.6 is 0 Å². The Morgan fingerprint density at radius 2 is 1.96 bits per heavy atom. The van der Waals surface area contributed by atoms with Crippen molar-refractivity contribution in [2.24, 2.45) is 0 Å². The Bertz CT molecular complexity index is 635. The topological polar surface area (TPSA) is 85.8 Å². The zero-order valence-electron chi connectivity index (χ0n) is 15.2. The largest absolute Gasteiger partial charge is 0.481 e. The van der Waals surface area contributed by atoms with Gasteiger partial charge in [0.2, 0.25) is 0 Å². The predicted octanol–water partition coefficient (Wildman–Crippen LogP) is 2.39. The summed E-state index contributed by atoms with van der Waals surface area (Å²) in [5.41, 5.74) is 2.34. The Hall–Kier alpha value is -2.57. The first kappa shape index (κ1) is 19.8. The molecule has 3 rings (SSSR count). The number of pyridine rings is 1. The van der Waals surface area contributed by atoms with Gasteiger partial charge in [0, 0.05) is 38.4 Å². The number of anilines is 1. The van der Waals surface area contributed by atoms with Crippen molar-refractivity contribution in [3.05, 3.63) is 36.5 Å². The second kappa shape index (κ2) is 9.79. The number of aryl methyl sites for hydroxylation is 2. The standard InChI is InChI=1S/C17H24N4O3.C2H4/c22-15(23)7-10-21-12-11-20(17(21)24)9-2-4-14-6-5-13-3-1-8-18-16(13)19-14;1-2/h5-6H,1-4,7-12H2,(H,18,19)(H,22,23);1-2H2. The van der Waals surface area contributed by atoms with Gasteiger partial charge in [-0.25, -0.2) is 9.78 Å². The molecule has 1 aromatic rings. The summed E-state index contributed by atoms with van der Waals surface area (Å²) >= 11 is 0. The predicted molar refractivity (Wildman–Crippen MR) is 101 cm³/mol. The molecule has 142 valence electrons.